The highest BCUT2D eigenvalue weighted by Crippen LogP contribution is 2.22. The van der Waals surface area contributed by atoms with E-state index >= 15 is 0 Å². The van der Waals surface area contributed by atoms with Gasteiger partial charge < -0.3 is 30.1 Å². The summed E-state index contributed by atoms with van der Waals surface area (Å²) < 4.78 is 10.7. The Morgan fingerprint density at radius 2 is 1.92 bits per heavy atom. The number of benzene rings is 1. The fourth-order valence-electron chi connectivity index (χ4n) is 4.55. The average Bonchev–Trinajstić information content (AvgIpc) is 3.39. The fraction of sp³-hybridized carbons (Fsp3) is 0.571. The number of aliphatic hydroxyl groups is 1. The Hall–Kier alpha value is -3.40. The van der Waals surface area contributed by atoms with Gasteiger partial charge in [0.05, 0.1) is 24.6 Å². The summed E-state index contributed by atoms with van der Waals surface area (Å²) in [6.45, 7) is 4.28. The summed E-state index contributed by atoms with van der Waals surface area (Å²) in [5.74, 6) is -1.71. The van der Waals surface area contributed by atoms with E-state index in [9.17, 15) is 24.3 Å². The Kier molecular flexibility index (Phi) is 11.1. The number of aliphatic hydroxyl groups excluding tert-OH is 1. The summed E-state index contributed by atoms with van der Waals surface area (Å²) in [5, 5.41) is 15.1. The Bertz CT molecular complexity index is 982. The molecular weight excluding hydrogens is 490 g/mol. The van der Waals surface area contributed by atoms with Crippen LogP contribution in [-0.4, -0.2) is 71.8 Å². The normalized spacial score (nSPS) is 24.7. The Morgan fingerprint density at radius 1 is 1.18 bits per heavy atom. The van der Waals surface area contributed by atoms with Gasteiger partial charge in [0.2, 0.25) is 11.8 Å². The zero-order valence-corrected chi connectivity index (χ0v) is 22.1. The number of nitrogens with one attached hydrogen (secondary N) is 2. The minimum atomic E-state index is -0.965. The Morgan fingerprint density at radius 3 is 2.63 bits per heavy atom. The van der Waals surface area contributed by atoms with Crippen molar-refractivity contribution in [3.8, 4) is 0 Å². The molecule has 2 aliphatic heterocycles. The van der Waals surface area contributed by atoms with Crippen LogP contribution in [0, 0.1) is 11.8 Å². The molecule has 3 amide bonds. The lowest BCUT2D eigenvalue weighted by Crippen LogP contribution is -2.48. The van der Waals surface area contributed by atoms with Crippen LogP contribution in [0.25, 0.3) is 0 Å². The molecule has 0 aromatic heterocycles. The summed E-state index contributed by atoms with van der Waals surface area (Å²) in [6, 6.07) is 7.57. The molecule has 3 rings (SSSR count). The van der Waals surface area contributed by atoms with Crippen molar-refractivity contribution in [2.75, 3.05) is 19.8 Å². The van der Waals surface area contributed by atoms with Gasteiger partial charge in [-0.25, -0.2) is 9.59 Å². The van der Waals surface area contributed by atoms with E-state index in [4.69, 9.17) is 9.47 Å². The van der Waals surface area contributed by atoms with E-state index in [0.717, 1.165) is 18.4 Å². The first-order valence-electron chi connectivity index (χ1n) is 13.3. The van der Waals surface area contributed by atoms with Crippen molar-refractivity contribution >= 4 is 23.9 Å². The van der Waals surface area contributed by atoms with E-state index in [2.05, 4.69) is 10.6 Å². The third-order valence-electron chi connectivity index (χ3n) is 6.99. The number of ether oxygens (including phenoxy) is 2. The van der Waals surface area contributed by atoms with Gasteiger partial charge in [-0.3, -0.25) is 9.59 Å². The molecule has 208 valence electrons. The molecule has 0 spiro atoms. The molecule has 10 nitrogen and oxygen atoms in total. The van der Waals surface area contributed by atoms with Gasteiger partial charge in [0.25, 0.3) is 0 Å². The second-order valence-electron chi connectivity index (χ2n) is 10.2. The van der Waals surface area contributed by atoms with Gasteiger partial charge in [-0.1, -0.05) is 56.3 Å². The number of nitrogens with zero attached hydrogens (tertiary/aromatic N) is 1. The molecule has 0 unspecified atom stereocenters. The maximum Gasteiger partial charge on any atom is 0.408 e. The summed E-state index contributed by atoms with van der Waals surface area (Å²) in [6.07, 6.45) is 4.74. The van der Waals surface area contributed by atoms with Crippen molar-refractivity contribution in [3.63, 3.8) is 0 Å². The van der Waals surface area contributed by atoms with Crippen LogP contribution in [0.3, 0.4) is 0 Å². The predicted octanol–water partition coefficient (Wildman–Crippen LogP) is 2.31. The number of alkyl carbamates (subject to hydrolysis) is 1. The number of rotatable bonds is 7. The molecule has 2 heterocycles. The number of carbonyl (C=O) groups is 4. The molecule has 10 heteroatoms. The van der Waals surface area contributed by atoms with Crippen LogP contribution >= 0.6 is 0 Å². The molecule has 0 radical (unpaired) electrons. The smallest absolute Gasteiger partial charge is 0.408 e. The van der Waals surface area contributed by atoms with Gasteiger partial charge in [-0.05, 0) is 37.2 Å². The lowest BCUT2D eigenvalue weighted by molar-refractivity contribution is -0.148. The van der Waals surface area contributed by atoms with Crippen molar-refractivity contribution in [1.29, 1.82) is 0 Å². The molecule has 4 atom stereocenters. The second kappa shape index (κ2) is 14.5. The summed E-state index contributed by atoms with van der Waals surface area (Å²) in [4.78, 5) is 53.0. The van der Waals surface area contributed by atoms with E-state index in [0.29, 0.717) is 13.0 Å². The van der Waals surface area contributed by atoms with Crippen molar-refractivity contribution in [2.45, 2.75) is 70.7 Å². The van der Waals surface area contributed by atoms with E-state index in [1.54, 1.807) is 17.1 Å². The molecule has 0 aliphatic carbocycles. The Balaban J connectivity index is 1.67. The first-order chi connectivity index (χ1) is 18.3. The van der Waals surface area contributed by atoms with Gasteiger partial charge in [0.15, 0.2) is 0 Å². The minimum absolute atomic E-state index is 0.0186. The number of esters is 1. The highest BCUT2D eigenvalue weighted by Gasteiger charge is 2.33. The van der Waals surface area contributed by atoms with Gasteiger partial charge in [-0.2, -0.15) is 0 Å². The van der Waals surface area contributed by atoms with E-state index in [1.807, 2.05) is 44.2 Å². The van der Waals surface area contributed by atoms with E-state index < -0.39 is 30.1 Å². The maximum absolute atomic E-state index is 13.1. The molecule has 1 fully saturated rings. The first-order valence-corrected chi connectivity index (χ1v) is 13.3. The molecule has 2 aliphatic rings. The average molecular weight is 530 g/mol. The third-order valence-corrected chi connectivity index (χ3v) is 6.99. The number of allylic oxidation sites excluding steroid dienone is 1. The second-order valence-corrected chi connectivity index (χ2v) is 10.2. The van der Waals surface area contributed by atoms with Gasteiger partial charge in [0.1, 0.15) is 19.3 Å². The highest BCUT2D eigenvalue weighted by atomic mass is 16.6. The summed E-state index contributed by atoms with van der Waals surface area (Å²) in [5.41, 5.74) is 0.819. The molecule has 0 bridgehead atoms. The van der Waals surface area contributed by atoms with Crippen LogP contribution in [0.2, 0.25) is 0 Å². The number of cyclic esters (lactones) is 1. The SMILES string of the molecule is CC(C)[C@H]1COC(=O)[C@H](NC(=O)OCc2ccccc2)CC=CC[C@H](CC(=O)N2CCC[C@H]2CO)C(=O)N1. The third kappa shape index (κ3) is 8.58. The monoisotopic (exact) mass is 529 g/mol. The highest BCUT2D eigenvalue weighted by molar-refractivity contribution is 5.86. The molecular formula is C28H39N3O7. The molecule has 3 N–H and O–H groups in total. The van der Waals surface area contributed by atoms with Gasteiger partial charge >= 0.3 is 12.1 Å². The van der Waals surface area contributed by atoms with E-state index in [-0.39, 0.29) is 56.4 Å². The van der Waals surface area contributed by atoms with Crippen molar-refractivity contribution in [3.05, 3.63) is 48.0 Å². The number of likely N-dealkylation sites (tertiary alicyclic amines) is 1. The van der Waals surface area contributed by atoms with Crippen LogP contribution in [0.4, 0.5) is 4.79 Å². The van der Waals surface area contributed by atoms with Crippen LogP contribution in [-0.2, 0) is 30.5 Å². The standard InChI is InChI=1S/C28H39N3O7/c1-19(2)24-18-37-27(35)23(30-28(36)38-17-20-9-4-3-5-10-20)13-7-6-11-21(26(34)29-24)15-25(33)31-14-8-12-22(31)16-32/h3-7,9-10,19,21-24,32H,8,11-18H2,1-2H3,(H,29,34)(H,30,36)/t21-,22+,23-,24-/m1/s1. The Labute approximate surface area is 223 Å². The quantitative estimate of drug-likeness (QED) is 0.364. The minimum Gasteiger partial charge on any atom is -0.462 e. The molecule has 1 aromatic rings. The number of hydrogen-bond acceptors (Lipinski definition) is 7. The number of hydrogen-bond donors (Lipinski definition) is 3. The van der Waals surface area contributed by atoms with E-state index in [1.165, 1.54) is 0 Å². The largest absolute Gasteiger partial charge is 0.462 e. The lowest BCUT2D eigenvalue weighted by atomic mass is 9.96. The lowest BCUT2D eigenvalue weighted by Gasteiger charge is -2.28. The van der Waals surface area contributed by atoms with Crippen LogP contribution in [0.15, 0.2) is 42.5 Å². The summed E-state index contributed by atoms with van der Waals surface area (Å²) in [7, 11) is 0. The zero-order chi connectivity index (χ0) is 27.5. The first kappa shape index (κ1) is 29.2. The van der Waals surface area contributed by atoms with Crippen LogP contribution in [0.5, 0.6) is 0 Å². The molecule has 0 saturated carbocycles. The maximum atomic E-state index is 13.1. The van der Waals surface area contributed by atoms with Crippen molar-refractivity contribution in [1.82, 2.24) is 15.5 Å². The van der Waals surface area contributed by atoms with Gasteiger partial charge in [-0.15, -0.1) is 0 Å². The zero-order valence-electron chi connectivity index (χ0n) is 22.1. The van der Waals surface area contributed by atoms with Crippen molar-refractivity contribution < 1.29 is 33.8 Å². The number of carbonyl (C=O) groups excluding carboxylic acids is 4. The van der Waals surface area contributed by atoms with Crippen LogP contribution in [0.1, 0.15) is 51.5 Å². The number of amides is 3. The fourth-order valence-corrected chi connectivity index (χ4v) is 4.55. The summed E-state index contributed by atoms with van der Waals surface area (Å²) >= 11 is 0. The molecule has 38 heavy (non-hydrogen) atoms. The molecule has 1 aromatic carbocycles. The molecule has 1 saturated heterocycles. The van der Waals surface area contributed by atoms with Crippen LogP contribution < -0.4 is 10.6 Å². The van der Waals surface area contributed by atoms with Gasteiger partial charge in [0, 0.05) is 13.0 Å². The van der Waals surface area contributed by atoms with Crippen molar-refractivity contribution in [2.24, 2.45) is 11.8 Å². The predicted molar refractivity (Wildman–Crippen MR) is 140 cm³/mol. The topological polar surface area (TPSA) is 134 Å².